The van der Waals surface area contributed by atoms with E-state index in [-0.39, 0.29) is 0 Å². The van der Waals surface area contributed by atoms with Gasteiger partial charge in [0.05, 0.1) is 6.61 Å². The molecular weight excluding hydrogens is 268 g/mol. The van der Waals surface area contributed by atoms with Crippen molar-refractivity contribution >= 4 is 12.6 Å². The Hall–Kier alpha value is -1.94. The smallest absolute Gasteiger partial charge is 0.150 e. The number of allylic oxidation sites excluding steroid dienone is 1. The molecule has 21 heavy (non-hydrogen) atoms. The number of hydrogen-bond donors (Lipinski definition) is 0. The highest BCUT2D eigenvalue weighted by Crippen LogP contribution is 2.12. The molecular formula is C17H24O4. The van der Waals surface area contributed by atoms with Crippen LogP contribution in [0.5, 0.6) is 5.75 Å². The standard InChI is InChI=1S/C14H20O3.C3H4O/c1-16-10-4-2-3-5-11-17-14-8-6-13(12-15)7-9-14;1-2-3-4/h6-9,12H,2-5,10-11H2,1H3;2-3H,1H2. The van der Waals surface area contributed by atoms with Crippen molar-refractivity contribution in [1.29, 1.82) is 0 Å². The van der Waals surface area contributed by atoms with Crippen LogP contribution < -0.4 is 4.74 Å². The third-order valence-electron chi connectivity index (χ3n) is 2.62. The number of unbranched alkanes of at least 4 members (excludes halogenated alkanes) is 3. The summed E-state index contributed by atoms with van der Waals surface area (Å²) in [7, 11) is 1.73. The summed E-state index contributed by atoms with van der Waals surface area (Å²) in [6, 6.07) is 7.19. The van der Waals surface area contributed by atoms with Gasteiger partial charge in [-0.15, -0.1) is 0 Å². The molecule has 0 radical (unpaired) electrons. The summed E-state index contributed by atoms with van der Waals surface area (Å²) in [5, 5.41) is 0. The number of hydrogen-bond acceptors (Lipinski definition) is 4. The van der Waals surface area contributed by atoms with Gasteiger partial charge in [0.15, 0.2) is 0 Å². The summed E-state index contributed by atoms with van der Waals surface area (Å²) >= 11 is 0. The van der Waals surface area contributed by atoms with Crippen molar-refractivity contribution < 1.29 is 19.1 Å². The monoisotopic (exact) mass is 292 g/mol. The van der Waals surface area contributed by atoms with E-state index in [1.807, 2.05) is 12.1 Å². The fourth-order valence-corrected chi connectivity index (χ4v) is 1.53. The van der Waals surface area contributed by atoms with Crippen LogP contribution in [0.4, 0.5) is 0 Å². The lowest BCUT2D eigenvalue weighted by atomic mass is 10.2. The van der Waals surface area contributed by atoms with Crippen LogP contribution in [-0.4, -0.2) is 32.9 Å². The lowest BCUT2D eigenvalue weighted by molar-refractivity contribution is -0.104. The molecule has 0 aliphatic heterocycles. The van der Waals surface area contributed by atoms with Crippen molar-refractivity contribution in [3.8, 4) is 5.75 Å². The quantitative estimate of drug-likeness (QED) is 0.376. The second-order valence-corrected chi connectivity index (χ2v) is 4.31. The lowest BCUT2D eigenvalue weighted by Gasteiger charge is -2.06. The maximum absolute atomic E-state index is 10.5. The van der Waals surface area contributed by atoms with Crippen LogP contribution in [0.15, 0.2) is 36.9 Å². The fraction of sp³-hybridized carbons (Fsp3) is 0.412. The largest absolute Gasteiger partial charge is 0.494 e. The van der Waals surface area contributed by atoms with E-state index in [1.165, 1.54) is 12.5 Å². The van der Waals surface area contributed by atoms with Crippen LogP contribution in [0.3, 0.4) is 0 Å². The number of methoxy groups -OCH3 is 1. The summed E-state index contributed by atoms with van der Waals surface area (Å²) in [6.07, 6.45) is 7.18. The molecule has 0 atom stereocenters. The number of aldehydes is 2. The van der Waals surface area contributed by atoms with E-state index in [0.29, 0.717) is 11.8 Å². The number of carbonyl (C=O) groups excluding carboxylic acids is 2. The second-order valence-electron chi connectivity index (χ2n) is 4.31. The summed E-state index contributed by atoms with van der Waals surface area (Å²) in [5.41, 5.74) is 0.678. The Morgan fingerprint density at radius 3 is 2.05 bits per heavy atom. The minimum atomic E-state index is 0.639. The maximum atomic E-state index is 10.5. The molecule has 0 heterocycles. The van der Waals surface area contributed by atoms with Gasteiger partial charge in [-0.25, -0.2) is 0 Å². The van der Waals surface area contributed by atoms with Crippen LogP contribution in [0.2, 0.25) is 0 Å². The first-order chi connectivity index (χ1) is 10.3. The van der Waals surface area contributed by atoms with Gasteiger partial charge in [0, 0.05) is 19.3 Å². The molecule has 0 aliphatic rings. The van der Waals surface area contributed by atoms with Crippen molar-refractivity contribution in [2.24, 2.45) is 0 Å². The van der Waals surface area contributed by atoms with Crippen molar-refractivity contribution in [2.45, 2.75) is 25.7 Å². The Kier molecular flexibility index (Phi) is 13.1. The molecule has 1 aromatic carbocycles. The molecule has 0 spiro atoms. The van der Waals surface area contributed by atoms with Crippen LogP contribution in [0.25, 0.3) is 0 Å². The molecule has 0 fully saturated rings. The van der Waals surface area contributed by atoms with E-state index in [2.05, 4.69) is 6.58 Å². The van der Waals surface area contributed by atoms with E-state index in [1.54, 1.807) is 19.2 Å². The van der Waals surface area contributed by atoms with E-state index < -0.39 is 0 Å². The zero-order valence-corrected chi connectivity index (χ0v) is 12.6. The van der Waals surface area contributed by atoms with E-state index in [4.69, 9.17) is 14.3 Å². The van der Waals surface area contributed by atoms with Crippen molar-refractivity contribution in [1.82, 2.24) is 0 Å². The minimum absolute atomic E-state index is 0.639. The molecule has 1 rings (SSSR count). The highest BCUT2D eigenvalue weighted by atomic mass is 16.5. The SMILES string of the molecule is C=CC=O.COCCCCCCOc1ccc(C=O)cc1. The molecule has 116 valence electrons. The van der Waals surface area contributed by atoms with Gasteiger partial charge in [-0.2, -0.15) is 0 Å². The maximum Gasteiger partial charge on any atom is 0.150 e. The Morgan fingerprint density at radius 1 is 1.00 bits per heavy atom. The third-order valence-corrected chi connectivity index (χ3v) is 2.62. The number of benzene rings is 1. The highest BCUT2D eigenvalue weighted by molar-refractivity contribution is 5.74. The molecule has 0 N–H and O–H groups in total. The van der Waals surface area contributed by atoms with Gasteiger partial charge in [-0.3, -0.25) is 9.59 Å². The number of rotatable bonds is 10. The van der Waals surface area contributed by atoms with Crippen LogP contribution in [0, 0.1) is 0 Å². The molecule has 1 aromatic rings. The summed E-state index contributed by atoms with van der Waals surface area (Å²) in [4.78, 5) is 19.5. The summed E-state index contributed by atoms with van der Waals surface area (Å²) in [5.74, 6) is 0.826. The minimum Gasteiger partial charge on any atom is -0.494 e. The first-order valence-electron chi connectivity index (χ1n) is 7.01. The van der Waals surface area contributed by atoms with E-state index in [0.717, 1.165) is 44.5 Å². The van der Waals surface area contributed by atoms with Crippen molar-refractivity contribution in [3.63, 3.8) is 0 Å². The zero-order valence-electron chi connectivity index (χ0n) is 12.6. The van der Waals surface area contributed by atoms with Gasteiger partial charge in [-0.05, 0) is 49.6 Å². The Labute approximate surface area is 126 Å². The van der Waals surface area contributed by atoms with Gasteiger partial charge in [-0.1, -0.05) is 13.0 Å². The van der Waals surface area contributed by atoms with Gasteiger partial charge in [0.1, 0.15) is 18.3 Å². The van der Waals surface area contributed by atoms with Gasteiger partial charge in [0.2, 0.25) is 0 Å². The van der Waals surface area contributed by atoms with Gasteiger partial charge in [0.25, 0.3) is 0 Å². The lowest BCUT2D eigenvalue weighted by Crippen LogP contribution is -1.98. The first kappa shape index (κ1) is 19.1. The molecule has 0 bridgehead atoms. The molecule has 4 nitrogen and oxygen atoms in total. The zero-order chi connectivity index (χ0) is 15.8. The first-order valence-corrected chi connectivity index (χ1v) is 7.01. The van der Waals surface area contributed by atoms with Crippen molar-refractivity contribution in [3.05, 3.63) is 42.5 Å². The number of ether oxygens (including phenoxy) is 2. The van der Waals surface area contributed by atoms with Crippen LogP contribution in [-0.2, 0) is 9.53 Å². The predicted molar refractivity (Wildman–Crippen MR) is 83.9 cm³/mol. The Morgan fingerprint density at radius 2 is 1.57 bits per heavy atom. The van der Waals surface area contributed by atoms with Crippen LogP contribution >= 0.6 is 0 Å². The average molecular weight is 292 g/mol. The molecule has 0 unspecified atom stereocenters. The molecule has 0 aromatic heterocycles. The topological polar surface area (TPSA) is 52.6 Å². The predicted octanol–water partition coefficient (Wildman–Crippen LogP) is 3.46. The van der Waals surface area contributed by atoms with Gasteiger partial charge >= 0.3 is 0 Å². The van der Waals surface area contributed by atoms with E-state index in [9.17, 15) is 4.79 Å². The molecule has 0 saturated carbocycles. The van der Waals surface area contributed by atoms with Crippen molar-refractivity contribution in [2.75, 3.05) is 20.3 Å². The number of carbonyl (C=O) groups is 2. The molecule has 4 heteroatoms. The second kappa shape index (κ2) is 14.5. The van der Waals surface area contributed by atoms with Crippen LogP contribution in [0.1, 0.15) is 36.0 Å². The normalized spacial score (nSPS) is 9.19. The molecule has 0 saturated heterocycles. The van der Waals surface area contributed by atoms with E-state index >= 15 is 0 Å². The fourth-order valence-electron chi connectivity index (χ4n) is 1.53. The van der Waals surface area contributed by atoms with Gasteiger partial charge < -0.3 is 9.47 Å². The Bertz CT molecular complexity index is 378. The molecule has 0 aliphatic carbocycles. The molecule has 0 amide bonds. The summed E-state index contributed by atoms with van der Waals surface area (Å²) < 4.78 is 10.5. The average Bonchev–Trinajstić information content (AvgIpc) is 2.55. The Balaban J connectivity index is 0.000000885. The highest BCUT2D eigenvalue weighted by Gasteiger charge is 1.95. The summed E-state index contributed by atoms with van der Waals surface area (Å²) in [6.45, 7) is 4.68. The third kappa shape index (κ3) is 11.6.